The van der Waals surface area contributed by atoms with E-state index in [0.717, 1.165) is 12.8 Å². The molecule has 0 aromatic carbocycles. The van der Waals surface area contributed by atoms with Crippen LogP contribution in [0.15, 0.2) is 0 Å². The molecule has 0 bridgehead atoms. The molecule has 2 aliphatic rings. The molecule has 1 aliphatic heterocycles. The van der Waals surface area contributed by atoms with Crippen LogP contribution in [0.2, 0.25) is 0 Å². The topological polar surface area (TPSA) is 79.3 Å². The SMILES string of the molecule is CC1CCCC(OCC(=O)N2CCOC(CN(C)CC(=O)O)C2)C1. The fourth-order valence-corrected chi connectivity index (χ4v) is 3.51. The molecule has 7 nitrogen and oxygen atoms in total. The first-order valence-electron chi connectivity index (χ1n) is 8.85. The first-order valence-corrected chi connectivity index (χ1v) is 8.85. The summed E-state index contributed by atoms with van der Waals surface area (Å²) in [5.41, 5.74) is 0. The van der Waals surface area contributed by atoms with Crippen LogP contribution in [-0.4, -0.2) is 85.4 Å². The fourth-order valence-electron chi connectivity index (χ4n) is 3.51. The van der Waals surface area contributed by atoms with E-state index in [0.29, 0.717) is 32.2 Å². The van der Waals surface area contributed by atoms with E-state index in [1.54, 1.807) is 16.8 Å². The third kappa shape index (κ3) is 6.37. The zero-order valence-electron chi connectivity index (χ0n) is 14.8. The van der Waals surface area contributed by atoms with Gasteiger partial charge in [0.25, 0.3) is 0 Å². The molecule has 2 rings (SSSR count). The molecule has 0 radical (unpaired) electrons. The molecule has 1 N–H and O–H groups in total. The van der Waals surface area contributed by atoms with Crippen molar-refractivity contribution >= 4 is 11.9 Å². The highest BCUT2D eigenvalue weighted by Crippen LogP contribution is 2.25. The maximum Gasteiger partial charge on any atom is 0.317 e. The summed E-state index contributed by atoms with van der Waals surface area (Å²) in [5, 5.41) is 8.80. The largest absolute Gasteiger partial charge is 0.480 e. The number of hydrogen-bond donors (Lipinski definition) is 1. The summed E-state index contributed by atoms with van der Waals surface area (Å²) < 4.78 is 11.5. The molecular weight excluding hydrogens is 312 g/mol. The summed E-state index contributed by atoms with van der Waals surface area (Å²) in [4.78, 5) is 26.6. The minimum atomic E-state index is -0.864. The number of likely N-dealkylation sites (N-methyl/N-ethyl adjacent to an activating group) is 1. The zero-order chi connectivity index (χ0) is 17.5. The van der Waals surface area contributed by atoms with Crippen LogP contribution in [0.5, 0.6) is 0 Å². The molecule has 24 heavy (non-hydrogen) atoms. The Labute approximate surface area is 143 Å². The van der Waals surface area contributed by atoms with Gasteiger partial charge >= 0.3 is 5.97 Å². The minimum absolute atomic E-state index is 0.00224. The van der Waals surface area contributed by atoms with Crippen LogP contribution in [-0.2, 0) is 19.1 Å². The monoisotopic (exact) mass is 342 g/mol. The number of rotatable bonds is 7. The molecule has 1 amide bonds. The maximum absolute atomic E-state index is 12.4. The molecule has 0 aromatic heterocycles. The van der Waals surface area contributed by atoms with Gasteiger partial charge in [0.05, 0.1) is 25.4 Å². The van der Waals surface area contributed by atoms with E-state index in [4.69, 9.17) is 14.6 Å². The number of carbonyl (C=O) groups excluding carboxylic acids is 1. The molecule has 3 unspecified atom stereocenters. The predicted molar refractivity (Wildman–Crippen MR) is 88.8 cm³/mol. The summed E-state index contributed by atoms with van der Waals surface area (Å²) in [6.45, 7) is 4.38. The number of ether oxygens (including phenoxy) is 2. The molecule has 7 heteroatoms. The van der Waals surface area contributed by atoms with Crippen molar-refractivity contribution < 1.29 is 24.2 Å². The molecule has 1 aliphatic carbocycles. The van der Waals surface area contributed by atoms with Crippen molar-refractivity contribution in [1.29, 1.82) is 0 Å². The highest BCUT2D eigenvalue weighted by Gasteiger charge is 2.27. The number of carbonyl (C=O) groups is 2. The molecule has 2 fully saturated rings. The lowest BCUT2D eigenvalue weighted by Gasteiger charge is -2.35. The average Bonchev–Trinajstić information content (AvgIpc) is 2.52. The normalized spacial score (nSPS) is 28.1. The highest BCUT2D eigenvalue weighted by molar-refractivity contribution is 5.77. The fraction of sp³-hybridized carbons (Fsp3) is 0.882. The van der Waals surface area contributed by atoms with E-state index in [-0.39, 0.29) is 31.3 Å². The van der Waals surface area contributed by atoms with Crippen molar-refractivity contribution in [1.82, 2.24) is 9.80 Å². The number of amides is 1. The van der Waals surface area contributed by atoms with E-state index in [2.05, 4.69) is 6.92 Å². The summed E-state index contributed by atoms with van der Waals surface area (Å²) >= 11 is 0. The maximum atomic E-state index is 12.4. The van der Waals surface area contributed by atoms with Crippen molar-refractivity contribution in [3.63, 3.8) is 0 Å². The van der Waals surface area contributed by atoms with E-state index in [1.165, 1.54) is 12.8 Å². The van der Waals surface area contributed by atoms with Gasteiger partial charge in [-0.1, -0.05) is 19.8 Å². The lowest BCUT2D eigenvalue weighted by Crippen LogP contribution is -2.50. The van der Waals surface area contributed by atoms with Gasteiger partial charge in [0.2, 0.25) is 5.91 Å². The quantitative estimate of drug-likeness (QED) is 0.738. The van der Waals surface area contributed by atoms with Gasteiger partial charge in [0, 0.05) is 19.6 Å². The Morgan fingerprint density at radius 1 is 1.38 bits per heavy atom. The number of hydrogen-bond acceptors (Lipinski definition) is 5. The second kappa shape index (κ2) is 9.34. The number of aliphatic carboxylic acids is 1. The average molecular weight is 342 g/mol. The van der Waals surface area contributed by atoms with Gasteiger partial charge in [0.1, 0.15) is 6.61 Å². The zero-order valence-corrected chi connectivity index (χ0v) is 14.8. The first kappa shape index (κ1) is 19.1. The second-order valence-corrected chi connectivity index (χ2v) is 7.13. The Bertz CT molecular complexity index is 431. The predicted octanol–water partition coefficient (Wildman–Crippen LogP) is 0.826. The summed E-state index contributed by atoms with van der Waals surface area (Å²) in [5.74, 6) is -0.185. The number of nitrogens with zero attached hydrogens (tertiary/aromatic N) is 2. The molecule has 1 saturated carbocycles. The molecule has 1 heterocycles. The standard InChI is InChI=1S/C17H30N2O5/c1-13-4-3-5-14(8-13)24-12-16(20)19-6-7-23-15(10-19)9-18(2)11-17(21)22/h13-15H,3-12H2,1-2H3,(H,21,22). The van der Waals surface area contributed by atoms with Crippen molar-refractivity contribution in [3.05, 3.63) is 0 Å². The Kier molecular flexibility index (Phi) is 7.45. The van der Waals surface area contributed by atoms with Gasteiger partial charge in [-0.15, -0.1) is 0 Å². The minimum Gasteiger partial charge on any atom is -0.480 e. The summed E-state index contributed by atoms with van der Waals surface area (Å²) in [6, 6.07) is 0. The van der Waals surface area contributed by atoms with Crippen LogP contribution in [0.4, 0.5) is 0 Å². The molecule has 3 atom stereocenters. The van der Waals surface area contributed by atoms with Crippen LogP contribution < -0.4 is 0 Å². The van der Waals surface area contributed by atoms with Gasteiger partial charge < -0.3 is 19.5 Å². The van der Waals surface area contributed by atoms with Gasteiger partial charge in [-0.05, 0) is 25.8 Å². The number of carboxylic acids is 1. The number of carboxylic acid groups (broad SMARTS) is 1. The van der Waals surface area contributed by atoms with E-state index >= 15 is 0 Å². The summed E-state index contributed by atoms with van der Waals surface area (Å²) in [6.07, 6.45) is 4.57. The van der Waals surface area contributed by atoms with Gasteiger partial charge in [-0.25, -0.2) is 0 Å². The lowest BCUT2D eigenvalue weighted by molar-refractivity contribution is -0.148. The van der Waals surface area contributed by atoms with Crippen LogP contribution in [0.3, 0.4) is 0 Å². The number of morpholine rings is 1. The van der Waals surface area contributed by atoms with Crippen molar-refractivity contribution in [3.8, 4) is 0 Å². The Hall–Kier alpha value is -1.18. The van der Waals surface area contributed by atoms with Crippen LogP contribution in [0.25, 0.3) is 0 Å². The third-order valence-corrected chi connectivity index (χ3v) is 4.74. The van der Waals surface area contributed by atoms with Gasteiger partial charge in [-0.3, -0.25) is 14.5 Å². The highest BCUT2D eigenvalue weighted by atomic mass is 16.5. The van der Waals surface area contributed by atoms with Gasteiger partial charge in [0.15, 0.2) is 0 Å². The summed E-state index contributed by atoms with van der Waals surface area (Å²) in [7, 11) is 1.74. The van der Waals surface area contributed by atoms with Crippen molar-refractivity contribution in [2.45, 2.75) is 44.8 Å². The Balaban J connectivity index is 1.72. The molecule has 0 aromatic rings. The molecule has 1 saturated heterocycles. The molecule has 0 spiro atoms. The van der Waals surface area contributed by atoms with Crippen LogP contribution in [0.1, 0.15) is 32.6 Å². The Morgan fingerprint density at radius 2 is 2.17 bits per heavy atom. The lowest BCUT2D eigenvalue weighted by atomic mass is 9.89. The Morgan fingerprint density at radius 3 is 2.88 bits per heavy atom. The second-order valence-electron chi connectivity index (χ2n) is 7.13. The van der Waals surface area contributed by atoms with Crippen LogP contribution >= 0.6 is 0 Å². The van der Waals surface area contributed by atoms with Crippen LogP contribution in [0, 0.1) is 5.92 Å². The first-order chi connectivity index (χ1) is 11.4. The molecular formula is C17H30N2O5. The van der Waals surface area contributed by atoms with Crippen molar-refractivity contribution in [2.75, 3.05) is 46.4 Å². The van der Waals surface area contributed by atoms with E-state index < -0.39 is 5.97 Å². The van der Waals surface area contributed by atoms with E-state index in [1.807, 2.05) is 0 Å². The smallest absolute Gasteiger partial charge is 0.317 e. The van der Waals surface area contributed by atoms with E-state index in [9.17, 15) is 9.59 Å². The van der Waals surface area contributed by atoms with Gasteiger partial charge in [-0.2, -0.15) is 0 Å². The molecule has 138 valence electrons. The van der Waals surface area contributed by atoms with Crippen molar-refractivity contribution in [2.24, 2.45) is 5.92 Å². The third-order valence-electron chi connectivity index (χ3n) is 4.74.